The average molecular weight is 235 g/mol. The van der Waals surface area contributed by atoms with Crippen LogP contribution in [0, 0.1) is 0 Å². The van der Waals surface area contributed by atoms with Crippen LogP contribution in [0.2, 0.25) is 0 Å². The van der Waals surface area contributed by atoms with E-state index < -0.39 is 0 Å². The van der Waals surface area contributed by atoms with Crippen LogP contribution in [-0.4, -0.2) is 12.1 Å². The Balaban J connectivity index is 2.08. The van der Waals surface area contributed by atoms with Crippen LogP contribution in [0.5, 0.6) is 5.75 Å². The van der Waals surface area contributed by atoms with Crippen LogP contribution in [0.4, 0.5) is 11.4 Å². The Morgan fingerprint density at radius 1 is 1.50 bits per heavy atom. The van der Waals surface area contributed by atoms with Gasteiger partial charge < -0.3 is 15.8 Å². The van der Waals surface area contributed by atoms with Gasteiger partial charge in [0.1, 0.15) is 10.8 Å². The van der Waals surface area contributed by atoms with Crippen molar-refractivity contribution in [2.75, 3.05) is 18.2 Å². The average Bonchev–Trinajstić information content (AvgIpc) is 2.81. The van der Waals surface area contributed by atoms with Gasteiger partial charge in [-0.3, -0.25) is 0 Å². The lowest BCUT2D eigenvalue weighted by Gasteiger charge is -2.09. The predicted molar refractivity (Wildman–Crippen MR) is 66.8 cm³/mol. The molecule has 1 aromatic carbocycles. The number of nitrogen functional groups attached to an aromatic ring is 1. The Morgan fingerprint density at radius 3 is 3.06 bits per heavy atom. The van der Waals surface area contributed by atoms with Gasteiger partial charge in [0, 0.05) is 17.6 Å². The molecule has 4 nitrogen and oxygen atoms in total. The molecule has 0 aliphatic heterocycles. The van der Waals surface area contributed by atoms with Crippen LogP contribution in [0.25, 0.3) is 0 Å². The Bertz CT molecular complexity index is 456. The van der Waals surface area contributed by atoms with Crippen LogP contribution in [0.15, 0.2) is 29.8 Å². The minimum absolute atomic E-state index is 0.676. The molecule has 5 heteroatoms. The molecule has 0 amide bonds. The zero-order valence-corrected chi connectivity index (χ0v) is 9.75. The van der Waals surface area contributed by atoms with Gasteiger partial charge in [-0.2, -0.15) is 0 Å². The van der Waals surface area contributed by atoms with Crippen LogP contribution >= 0.6 is 11.3 Å². The lowest BCUT2D eigenvalue weighted by Crippen LogP contribution is -2.02. The van der Waals surface area contributed by atoms with Crippen LogP contribution in [-0.2, 0) is 6.54 Å². The number of hydrogen-bond donors (Lipinski definition) is 2. The molecule has 0 aliphatic rings. The number of thiazole rings is 1. The molecule has 0 aliphatic carbocycles. The highest BCUT2D eigenvalue weighted by atomic mass is 32.1. The molecule has 0 saturated heterocycles. The number of ether oxygens (including phenoxy) is 1. The number of nitrogens with two attached hydrogens (primary N) is 1. The maximum atomic E-state index is 5.85. The maximum absolute atomic E-state index is 5.85. The molecule has 0 bridgehead atoms. The van der Waals surface area contributed by atoms with Crippen molar-refractivity contribution < 1.29 is 4.74 Å². The normalized spacial score (nSPS) is 10.1. The van der Waals surface area contributed by atoms with E-state index in [0.717, 1.165) is 16.4 Å². The largest absolute Gasteiger partial charge is 0.497 e. The first-order valence-corrected chi connectivity index (χ1v) is 5.73. The Morgan fingerprint density at radius 2 is 2.38 bits per heavy atom. The quantitative estimate of drug-likeness (QED) is 0.799. The van der Waals surface area contributed by atoms with Crippen molar-refractivity contribution in [3.05, 3.63) is 34.8 Å². The van der Waals surface area contributed by atoms with Crippen molar-refractivity contribution in [2.24, 2.45) is 0 Å². The number of nitrogens with one attached hydrogen (secondary N) is 1. The number of rotatable bonds is 4. The van der Waals surface area contributed by atoms with E-state index in [2.05, 4.69) is 10.3 Å². The number of nitrogens with zero attached hydrogens (tertiary/aromatic N) is 1. The van der Waals surface area contributed by atoms with Crippen LogP contribution in [0.3, 0.4) is 0 Å². The monoisotopic (exact) mass is 235 g/mol. The summed E-state index contributed by atoms with van der Waals surface area (Å²) in [4.78, 5) is 4.19. The molecule has 2 aromatic rings. The summed E-state index contributed by atoms with van der Waals surface area (Å²) >= 11 is 1.61. The van der Waals surface area contributed by atoms with Gasteiger partial charge in [-0.05, 0) is 12.1 Å². The van der Waals surface area contributed by atoms with Crippen molar-refractivity contribution in [2.45, 2.75) is 6.54 Å². The summed E-state index contributed by atoms with van der Waals surface area (Å²) in [6, 6.07) is 5.54. The smallest absolute Gasteiger partial charge is 0.121 e. The molecule has 84 valence electrons. The second kappa shape index (κ2) is 4.85. The van der Waals surface area contributed by atoms with E-state index in [0.29, 0.717) is 12.2 Å². The van der Waals surface area contributed by atoms with Gasteiger partial charge in [0.05, 0.1) is 25.0 Å². The van der Waals surface area contributed by atoms with E-state index in [1.165, 1.54) is 0 Å². The lowest BCUT2D eigenvalue weighted by molar-refractivity contribution is 0.415. The number of hydrogen-bond acceptors (Lipinski definition) is 5. The van der Waals surface area contributed by atoms with E-state index in [-0.39, 0.29) is 0 Å². The second-order valence-corrected chi connectivity index (χ2v) is 4.21. The SMILES string of the molecule is COc1ccc(N)c(NCc2nccs2)c1. The van der Waals surface area contributed by atoms with Crippen molar-refractivity contribution >= 4 is 22.7 Å². The third-order valence-electron chi connectivity index (χ3n) is 2.17. The molecular weight excluding hydrogens is 222 g/mol. The fourth-order valence-electron chi connectivity index (χ4n) is 1.33. The standard InChI is InChI=1S/C11H13N3OS/c1-15-8-2-3-9(12)10(6-8)14-7-11-13-4-5-16-11/h2-6,14H,7,12H2,1H3. The second-order valence-electron chi connectivity index (χ2n) is 3.23. The van der Waals surface area contributed by atoms with Gasteiger partial charge >= 0.3 is 0 Å². The Labute approximate surface area is 98.1 Å². The minimum atomic E-state index is 0.676. The lowest BCUT2D eigenvalue weighted by atomic mass is 10.2. The Hall–Kier alpha value is -1.75. The highest BCUT2D eigenvalue weighted by Crippen LogP contribution is 2.24. The summed E-state index contributed by atoms with van der Waals surface area (Å²) in [5.41, 5.74) is 7.42. The first kappa shape index (κ1) is 10.8. The molecule has 0 spiro atoms. The molecule has 0 saturated carbocycles. The first-order chi connectivity index (χ1) is 7.79. The van der Waals surface area contributed by atoms with Crippen LogP contribution in [0.1, 0.15) is 5.01 Å². The molecule has 0 atom stereocenters. The van der Waals surface area contributed by atoms with Crippen LogP contribution < -0.4 is 15.8 Å². The number of benzene rings is 1. The minimum Gasteiger partial charge on any atom is -0.497 e. The van der Waals surface area contributed by atoms with Crippen molar-refractivity contribution in [1.29, 1.82) is 0 Å². The molecule has 16 heavy (non-hydrogen) atoms. The van der Waals surface area contributed by atoms with E-state index in [1.54, 1.807) is 24.6 Å². The zero-order valence-electron chi connectivity index (χ0n) is 8.93. The molecule has 2 rings (SSSR count). The van der Waals surface area contributed by atoms with Crippen molar-refractivity contribution in [3.63, 3.8) is 0 Å². The zero-order chi connectivity index (χ0) is 11.4. The molecule has 1 aromatic heterocycles. The molecule has 0 fully saturated rings. The molecular formula is C11H13N3OS. The van der Waals surface area contributed by atoms with E-state index >= 15 is 0 Å². The van der Waals surface area contributed by atoms with Crippen molar-refractivity contribution in [1.82, 2.24) is 4.98 Å². The van der Waals surface area contributed by atoms with Gasteiger partial charge in [0.25, 0.3) is 0 Å². The van der Waals surface area contributed by atoms with E-state index in [9.17, 15) is 0 Å². The predicted octanol–water partition coefficient (Wildman–Crippen LogP) is 2.35. The fourth-order valence-corrected chi connectivity index (χ4v) is 1.88. The first-order valence-electron chi connectivity index (χ1n) is 4.85. The van der Waals surface area contributed by atoms with E-state index in [4.69, 9.17) is 10.5 Å². The summed E-state index contributed by atoms with van der Waals surface area (Å²) in [6.45, 7) is 0.676. The third-order valence-corrected chi connectivity index (χ3v) is 2.95. The molecule has 0 unspecified atom stereocenters. The third kappa shape index (κ3) is 2.43. The number of aromatic nitrogens is 1. The Kier molecular flexibility index (Phi) is 3.26. The summed E-state index contributed by atoms with van der Waals surface area (Å²) in [5, 5.41) is 6.21. The summed E-state index contributed by atoms with van der Waals surface area (Å²) in [7, 11) is 1.64. The summed E-state index contributed by atoms with van der Waals surface area (Å²) in [5.74, 6) is 0.788. The topological polar surface area (TPSA) is 60.2 Å². The molecule has 3 N–H and O–H groups in total. The molecule has 0 radical (unpaired) electrons. The molecule has 1 heterocycles. The van der Waals surface area contributed by atoms with Gasteiger partial charge in [-0.1, -0.05) is 0 Å². The van der Waals surface area contributed by atoms with Gasteiger partial charge in [-0.15, -0.1) is 11.3 Å². The number of methoxy groups -OCH3 is 1. The summed E-state index contributed by atoms with van der Waals surface area (Å²) < 4.78 is 5.14. The van der Waals surface area contributed by atoms with Crippen molar-refractivity contribution in [3.8, 4) is 5.75 Å². The van der Waals surface area contributed by atoms with Gasteiger partial charge in [-0.25, -0.2) is 4.98 Å². The maximum Gasteiger partial charge on any atom is 0.121 e. The highest BCUT2D eigenvalue weighted by molar-refractivity contribution is 7.09. The summed E-state index contributed by atoms with van der Waals surface area (Å²) in [6.07, 6.45) is 1.79. The highest BCUT2D eigenvalue weighted by Gasteiger charge is 2.02. The van der Waals surface area contributed by atoms with Gasteiger partial charge in [0.15, 0.2) is 0 Å². The number of anilines is 2. The van der Waals surface area contributed by atoms with Gasteiger partial charge in [0.2, 0.25) is 0 Å². The van der Waals surface area contributed by atoms with E-state index in [1.807, 2.05) is 23.6 Å². The fraction of sp³-hybridized carbons (Fsp3) is 0.182.